The first-order chi connectivity index (χ1) is 8.70. The van der Waals surface area contributed by atoms with Gasteiger partial charge in [-0.3, -0.25) is 4.68 Å². The van der Waals surface area contributed by atoms with Gasteiger partial charge in [0, 0.05) is 49.9 Å². The fraction of sp³-hybridized carbons (Fsp3) is 0.545. The molecule has 0 fully saturated rings. The van der Waals surface area contributed by atoms with Gasteiger partial charge in [0.2, 0.25) is 5.13 Å². The fourth-order valence-electron chi connectivity index (χ4n) is 1.51. The van der Waals surface area contributed by atoms with Crippen LogP contribution in [-0.4, -0.2) is 32.9 Å². The van der Waals surface area contributed by atoms with Crippen LogP contribution in [0.25, 0.3) is 0 Å². The van der Waals surface area contributed by atoms with Crippen LogP contribution in [0.5, 0.6) is 0 Å². The fourth-order valence-corrected chi connectivity index (χ4v) is 2.12. The molecule has 0 aliphatic heterocycles. The molecule has 0 aromatic carbocycles. The zero-order chi connectivity index (χ0) is 13.0. The standard InChI is InChI=1S/C11H17N5OS/c1-8-9(7-13-16(8)2)6-12-11-14-10(15-18-11)4-5-17-3/h7H,4-6H2,1-3H3,(H,12,14,15). The first-order valence-electron chi connectivity index (χ1n) is 5.73. The molecule has 18 heavy (non-hydrogen) atoms. The third kappa shape index (κ3) is 3.05. The van der Waals surface area contributed by atoms with E-state index in [4.69, 9.17) is 4.74 Å². The highest BCUT2D eigenvalue weighted by atomic mass is 32.1. The van der Waals surface area contributed by atoms with Crippen molar-refractivity contribution < 1.29 is 4.74 Å². The van der Waals surface area contributed by atoms with Crippen molar-refractivity contribution in [2.75, 3.05) is 19.0 Å². The van der Waals surface area contributed by atoms with E-state index in [1.807, 2.05) is 24.9 Å². The molecule has 2 heterocycles. The zero-order valence-electron chi connectivity index (χ0n) is 10.8. The van der Waals surface area contributed by atoms with E-state index < -0.39 is 0 Å². The van der Waals surface area contributed by atoms with Crippen LogP contribution < -0.4 is 5.32 Å². The summed E-state index contributed by atoms with van der Waals surface area (Å²) >= 11 is 1.38. The van der Waals surface area contributed by atoms with Gasteiger partial charge < -0.3 is 10.1 Å². The predicted octanol–water partition coefficient (Wildman–Crippen LogP) is 1.38. The first-order valence-corrected chi connectivity index (χ1v) is 6.51. The molecule has 0 amide bonds. The molecule has 0 aliphatic carbocycles. The van der Waals surface area contributed by atoms with E-state index in [-0.39, 0.29) is 0 Å². The Morgan fingerprint density at radius 2 is 2.33 bits per heavy atom. The van der Waals surface area contributed by atoms with Gasteiger partial charge >= 0.3 is 0 Å². The normalized spacial score (nSPS) is 10.8. The molecular formula is C11H17N5OS. The van der Waals surface area contributed by atoms with E-state index in [0.717, 1.165) is 29.6 Å². The average Bonchev–Trinajstić information content (AvgIpc) is 2.94. The average molecular weight is 267 g/mol. The van der Waals surface area contributed by atoms with E-state index in [0.29, 0.717) is 6.61 Å². The molecule has 0 atom stereocenters. The van der Waals surface area contributed by atoms with Crippen LogP contribution in [0.4, 0.5) is 5.13 Å². The molecular weight excluding hydrogens is 250 g/mol. The molecule has 2 aromatic rings. The van der Waals surface area contributed by atoms with Crippen LogP contribution in [0.1, 0.15) is 17.1 Å². The molecule has 0 unspecified atom stereocenters. The van der Waals surface area contributed by atoms with Crippen LogP contribution in [0.15, 0.2) is 6.20 Å². The molecule has 0 saturated heterocycles. The topological polar surface area (TPSA) is 64.9 Å². The quantitative estimate of drug-likeness (QED) is 0.856. The van der Waals surface area contributed by atoms with Gasteiger partial charge in [0.1, 0.15) is 5.82 Å². The number of aryl methyl sites for hydroxylation is 1. The zero-order valence-corrected chi connectivity index (χ0v) is 11.6. The van der Waals surface area contributed by atoms with E-state index >= 15 is 0 Å². The predicted molar refractivity (Wildman–Crippen MR) is 70.8 cm³/mol. The Bertz CT molecular complexity index is 507. The maximum absolute atomic E-state index is 5.00. The summed E-state index contributed by atoms with van der Waals surface area (Å²) in [4.78, 5) is 4.39. The Labute approximate surface area is 110 Å². The van der Waals surface area contributed by atoms with Gasteiger partial charge in [0.15, 0.2) is 0 Å². The second kappa shape index (κ2) is 5.92. The molecule has 0 aliphatic rings. The van der Waals surface area contributed by atoms with Crippen LogP contribution in [-0.2, 0) is 24.8 Å². The minimum atomic E-state index is 0.651. The summed E-state index contributed by atoms with van der Waals surface area (Å²) in [5, 5.41) is 8.30. The van der Waals surface area contributed by atoms with Crippen molar-refractivity contribution in [1.82, 2.24) is 19.1 Å². The molecule has 2 aromatic heterocycles. The number of ether oxygens (including phenoxy) is 1. The van der Waals surface area contributed by atoms with Crippen molar-refractivity contribution in [3.63, 3.8) is 0 Å². The highest BCUT2D eigenvalue weighted by Gasteiger charge is 2.06. The summed E-state index contributed by atoms with van der Waals surface area (Å²) in [6.07, 6.45) is 2.62. The number of nitrogens with one attached hydrogen (secondary N) is 1. The van der Waals surface area contributed by atoms with Crippen LogP contribution >= 0.6 is 11.5 Å². The van der Waals surface area contributed by atoms with Crippen LogP contribution in [0, 0.1) is 6.92 Å². The number of nitrogens with zero attached hydrogens (tertiary/aromatic N) is 4. The number of anilines is 1. The van der Waals surface area contributed by atoms with Gasteiger partial charge in [-0.1, -0.05) is 0 Å². The number of hydrogen-bond donors (Lipinski definition) is 1. The van der Waals surface area contributed by atoms with Crippen molar-refractivity contribution in [3.05, 3.63) is 23.3 Å². The molecule has 0 bridgehead atoms. The molecule has 1 N–H and O–H groups in total. The maximum atomic E-state index is 5.00. The van der Waals surface area contributed by atoms with E-state index in [1.54, 1.807) is 7.11 Å². The van der Waals surface area contributed by atoms with Crippen molar-refractivity contribution in [2.45, 2.75) is 19.9 Å². The molecule has 7 heteroatoms. The van der Waals surface area contributed by atoms with Gasteiger partial charge in [-0.05, 0) is 6.92 Å². The van der Waals surface area contributed by atoms with Crippen LogP contribution in [0.3, 0.4) is 0 Å². The second-order valence-corrected chi connectivity index (χ2v) is 4.74. The first kappa shape index (κ1) is 13.0. The SMILES string of the molecule is COCCc1nsc(NCc2cnn(C)c2C)n1. The summed E-state index contributed by atoms with van der Waals surface area (Å²) in [6, 6.07) is 0. The monoisotopic (exact) mass is 267 g/mol. The minimum absolute atomic E-state index is 0.651. The summed E-state index contributed by atoms with van der Waals surface area (Å²) in [5.41, 5.74) is 2.33. The Morgan fingerprint density at radius 3 is 3.00 bits per heavy atom. The summed E-state index contributed by atoms with van der Waals surface area (Å²) in [5.74, 6) is 0.826. The Hall–Kier alpha value is -1.47. The van der Waals surface area contributed by atoms with Gasteiger partial charge in [-0.15, -0.1) is 0 Å². The number of hydrogen-bond acceptors (Lipinski definition) is 6. The third-order valence-electron chi connectivity index (χ3n) is 2.76. The molecule has 6 nitrogen and oxygen atoms in total. The van der Waals surface area contributed by atoms with E-state index in [1.165, 1.54) is 17.1 Å². The van der Waals surface area contributed by atoms with Crippen molar-refractivity contribution >= 4 is 16.7 Å². The highest BCUT2D eigenvalue weighted by molar-refractivity contribution is 7.09. The largest absolute Gasteiger partial charge is 0.384 e. The number of aromatic nitrogens is 4. The maximum Gasteiger partial charge on any atom is 0.202 e. The lowest BCUT2D eigenvalue weighted by molar-refractivity contribution is 0.201. The minimum Gasteiger partial charge on any atom is -0.384 e. The van der Waals surface area contributed by atoms with Gasteiger partial charge in [0.05, 0.1) is 12.8 Å². The lowest BCUT2D eigenvalue weighted by Gasteiger charge is -2.01. The Kier molecular flexibility index (Phi) is 4.27. The van der Waals surface area contributed by atoms with Crippen molar-refractivity contribution in [1.29, 1.82) is 0 Å². The van der Waals surface area contributed by atoms with Crippen molar-refractivity contribution in [2.24, 2.45) is 7.05 Å². The lowest BCUT2D eigenvalue weighted by atomic mass is 10.2. The van der Waals surface area contributed by atoms with Gasteiger partial charge in [-0.25, -0.2) is 4.98 Å². The Balaban J connectivity index is 1.90. The van der Waals surface area contributed by atoms with Gasteiger partial charge in [0.25, 0.3) is 0 Å². The summed E-state index contributed by atoms with van der Waals surface area (Å²) in [6.45, 7) is 3.42. The van der Waals surface area contributed by atoms with Crippen molar-refractivity contribution in [3.8, 4) is 0 Å². The van der Waals surface area contributed by atoms with Gasteiger partial charge in [-0.2, -0.15) is 9.47 Å². The molecule has 0 radical (unpaired) electrons. The highest BCUT2D eigenvalue weighted by Crippen LogP contribution is 2.14. The lowest BCUT2D eigenvalue weighted by Crippen LogP contribution is -2.02. The number of methoxy groups -OCH3 is 1. The van der Waals surface area contributed by atoms with E-state index in [9.17, 15) is 0 Å². The summed E-state index contributed by atoms with van der Waals surface area (Å²) < 4.78 is 11.1. The molecule has 0 saturated carbocycles. The molecule has 2 rings (SSSR count). The second-order valence-electron chi connectivity index (χ2n) is 3.99. The third-order valence-corrected chi connectivity index (χ3v) is 3.48. The molecule has 0 spiro atoms. The number of rotatable bonds is 6. The van der Waals surface area contributed by atoms with E-state index in [2.05, 4.69) is 19.8 Å². The summed E-state index contributed by atoms with van der Waals surface area (Å²) in [7, 11) is 3.61. The Morgan fingerprint density at radius 1 is 1.50 bits per heavy atom. The smallest absolute Gasteiger partial charge is 0.202 e. The molecule has 98 valence electrons. The van der Waals surface area contributed by atoms with Crippen LogP contribution in [0.2, 0.25) is 0 Å².